The van der Waals surface area contributed by atoms with E-state index in [4.69, 9.17) is 0 Å². The molecule has 2 rings (SSSR count). The summed E-state index contributed by atoms with van der Waals surface area (Å²) in [5.41, 5.74) is 3.59. The molecule has 1 aromatic heterocycles. The minimum Gasteiger partial charge on any atom is -0.229 e. The molecule has 0 spiro atoms. The van der Waals surface area contributed by atoms with Crippen LogP contribution < -0.4 is 0 Å². The molecule has 0 unspecified atom stereocenters. The molecule has 0 aliphatic rings. The average molecular weight is 282 g/mol. The zero-order chi connectivity index (χ0) is 10.8. The third kappa shape index (κ3) is 2.47. The van der Waals surface area contributed by atoms with Gasteiger partial charge < -0.3 is 0 Å². The van der Waals surface area contributed by atoms with Crippen LogP contribution in [-0.2, 0) is 0 Å². The first-order valence-electron chi connectivity index (χ1n) is 4.88. The van der Waals surface area contributed by atoms with Gasteiger partial charge in [0.15, 0.2) is 3.92 Å². The van der Waals surface area contributed by atoms with Crippen LogP contribution in [0.4, 0.5) is 0 Å². The first-order chi connectivity index (χ1) is 7.16. The fraction of sp³-hybridized carbons (Fsp3) is 0.250. The molecule has 2 aromatic rings. The van der Waals surface area contributed by atoms with Crippen LogP contribution in [0.15, 0.2) is 33.6 Å². The number of rotatable bonds is 2. The maximum absolute atomic E-state index is 4.39. The van der Waals surface area contributed by atoms with Crippen molar-refractivity contribution in [1.82, 2.24) is 4.98 Å². The second-order valence-electron chi connectivity index (χ2n) is 3.76. The highest BCUT2D eigenvalue weighted by Gasteiger charge is 2.03. The molecule has 0 aliphatic carbocycles. The lowest BCUT2D eigenvalue weighted by Crippen LogP contribution is -1.86. The topological polar surface area (TPSA) is 12.9 Å². The molecule has 78 valence electrons. The second-order valence-corrected chi connectivity index (χ2v) is 5.90. The van der Waals surface area contributed by atoms with Crippen molar-refractivity contribution in [1.29, 1.82) is 0 Å². The Kier molecular flexibility index (Phi) is 3.22. The predicted molar refractivity (Wildman–Crippen MR) is 69.3 cm³/mol. The second kappa shape index (κ2) is 4.45. The van der Waals surface area contributed by atoms with Crippen molar-refractivity contribution in [2.24, 2.45) is 0 Å². The van der Waals surface area contributed by atoms with E-state index in [9.17, 15) is 0 Å². The average Bonchev–Trinajstić information content (AvgIpc) is 2.65. The largest absolute Gasteiger partial charge is 0.229 e. The fourth-order valence-corrected chi connectivity index (χ4v) is 2.44. The Labute approximate surface area is 102 Å². The molecule has 1 aromatic carbocycles. The summed E-state index contributed by atoms with van der Waals surface area (Å²) in [6.45, 7) is 4.41. The molecule has 0 atom stereocenters. The van der Waals surface area contributed by atoms with E-state index in [1.54, 1.807) is 11.3 Å². The van der Waals surface area contributed by atoms with E-state index in [-0.39, 0.29) is 0 Å². The van der Waals surface area contributed by atoms with Crippen LogP contribution in [0.2, 0.25) is 0 Å². The Morgan fingerprint density at radius 3 is 2.33 bits per heavy atom. The number of hydrogen-bond donors (Lipinski definition) is 0. The van der Waals surface area contributed by atoms with Crippen molar-refractivity contribution in [3.63, 3.8) is 0 Å². The number of halogens is 1. The Balaban J connectivity index is 2.31. The standard InChI is InChI=1S/C12H12BrNS/c1-8(2)9-3-5-10(6-4-9)11-7-15-12(13)14-11/h3-8H,1-2H3. The quantitative estimate of drug-likeness (QED) is 0.778. The molecule has 1 nitrogen and oxygen atoms in total. The SMILES string of the molecule is CC(C)c1ccc(-c2csc(Br)n2)cc1. The number of nitrogens with zero attached hydrogens (tertiary/aromatic N) is 1. The van der Waals surface area contributed by atoms with Crippen molar-refractivity contribution < 1.29 is 0 Å². The molecule has 0 saturated carbocycles. The highest BCUT2D eigenvalue weighted by Crippen LogP contribution is 2.26. The van der Waals surface area contributed by atoms with Crippen LogP contribution in [0.5, 0.6) is 0 Å². The van der Waals surface area contributed by atoms with Gasteiger partial charge in [-0.05, 0) is 27.4 Å². The zero-order valence-electron chi connectivity index (χ0n) is 8.70. The van der Waals surface area contributed by atoms with Crippen LogP contribution in [0.25, 0.3) is 11.3 Å². The Morgan fingerprint density at radius 2 is 1.87 bits per heavy atom. The predicted octanol–water partition coefficient (Wildman–Crippen LogP) is 4.70. The summed E-state index contributed by atoms with van der Waals surface area (Å²) in [6, 6.07) is 8.62. The van der Waals surface area contributed by atoms with Crippen LogP contribution in [0, 0.1) is 0 Å². The van der Waals surface area contributed by atoms with Crippen LogP contribution >= 0.6 is 27.3 Å². The summed E-state index contributed by atoms with van der Waals surface area (Å²) in [4.78, 5) is 4.39. The summed E-state index contributed by atoms with van der Waals surface area (Å²) >= 11 is 4.99. The van der Waals surface area contributed by atoms with Crippen molar-refractivity contribution >= 4 is 27.3 Å². The monoisotopic (exact) mass is 281 g/mol. The van der Waals surface area contributed by atoms with Crippen molar-refractivity contribution in [3.05, 3.63) is 39.1 Å². The number of hydrogen-bond acceptors (Lipinski definition) is 2. The number of benzene rings is 1. The summed E-state index contributed by atoms with van der Waals surface area (Å²) in [5, 5.41) is 2.06. The Bertz CT molecular complexity index is 445. The third-order valence-corrected chi connectivity index (χ3v) is 3.71. The zero-order valence-corrected chi connectivity index (χ0v) is 11.1. The van der Waals surface area contributed by atoms with Gasteiger partial charge in [-0.15, -0.1) is 11.3 Å². The summed E-state index contributed by atoms with van der Waals surface area (Å²) in [6.07, 6.45) is 0. The molecule has 0 radical (unpaired) electrons. The van der Waals surface area contributed by atoms with E-state index < -0.39 is 0 Å². The number of aromatic nitrogens is 1. The van der Waals surface area contributed by atoms with Gasteiger partial charge in [0.1, 0.15) is 0 Å². The van der Waals surface area contributed by atoms with Crippen LogP contribution in [-0.4, -0.2) is 4.98 Å². The molecule has 0 fully saturated rings. The van der Waals surface area contributed by atoms with Gasteiger partial charge in [-0.2, -0.15) is 0 Å². The molecule has 0 bridgehead atoms. The van der Waals surface area contributed by atoms with Gasteiger partial charge in [-0.3, -0.25) is 0 Å². The molecule has 1 heterocycles. The number of thiazole rings is 1. The van der Waals surface area contributed by atoms with Gasteiger partial charge in [-0.25, -0.2) is 4.98 Å². The maximum atomic E-state index is 4.39. The molecule has 15 heavy (non-hydrogen) atoms. The summed E-state index contributed by atoms with van der Waals surface area (Å²) in [5.74, 6) is 0.584. The van der Waals surface area contributed by atoms with Crippen molar-refractivity contribution in [2.75, 3.05) is 0 Å². The van der Waals surface area contributed by atoms with Gasteiger partial charge in [0.05, 0.1) is 5.69 Å². The summed E-state index contributed by atoms with van der Waals surface area (Å²) < 4.78 is 0.936. The van der Waals surface area contributed by atoms with Gasteiger partial charge in [0.2, 0.25) is 0 Å². The molecule has 0 N–H and O–H groups in total. The first kappa shape index (κ1) is 10.8. The lowest BCUT2D eigenvalue weighted by molar-refractivity contribution is 0.867. The van der Waals surface area contributed by atoms with Crippen LogP contribution in [0.3, 0.4) is 0 Å². The van der Waals surface area contributed by atoms with E-state index in [2.05, 4.69) is 64.4 Å². The van der Waals surface area contributed by atoms with Gasteiger partial charge >= 0.3 is 0 Å². The van der Waals surface area contributed by atoms with Crippen LogP contribution in [0.1, 0.15) is 25.3 Å². The Hall–Kier alpha value is -0.670. The highest BCUT2D eigenvalue weighted by molar-refractivity contribution is 9.11. The lowest BCUT2D eigenvalue weighted by atomic mass is 10.0. The molecule has 0 saturated heterocycles. The first-order valence-corrected chi connectivity index (χ1v) is 6.55. The van der Waals surface area contributed by atoms with E-state index in [1.807, 2.05) is 0 Å². The molecule has 3 heteroatoms. The molecule has 0 amide bonds. The molecular weight excluding hydrogens is 270 g/mol. The minimum atomic E-state index is 0.584. The summed E-state index contributed by atoms with van der Waals surface area (Å²) in [7, 11) is 0. The van der Waals surface area contributed by atoms with E-state index in [0.29, 0.717) is 5.92 Å². The molecule has 0 aliphatic heterocycles. The third-order valence-electron chi connectivity index (χ3n) is 2.35. The van der Waals surface area contributed by atoms with Crippen molar-refractivity contribution in [3.8, 4) is 11.3 Å². The smallest absolute Gasteiger partial charge is 0.159 e. The van der Waals surface area contributed by atoms with Gasteiger partial charge in [0, 0.05) is 10.9 Å². The normalized spacial score (nSPS) is 10.9. The van der Waals surface area contributed by atoms with E-state index in [0.717, 1.165) is 9.61 Å². The van der Waals surface area contributed by atoms with Crippen molar-refractivity contribution in [2.45, 2.75) is 19.8 Å². The molecular formula is C12H12BrNS. The highest BCUT2D eigenvalue weighted by atomic mass is 79.9. The lowest BCUT2D eigenvalue weighted by Gasteiger charge is -2.05. The maximum Gasteiger partial charge on any atom is 0.159 e. The van der Waals surface area contributed by atoms with Gasteiger partial charge in [-0.1, -0.05) is 38.1 Å². The van der Waals surface area contributed by atoms with E-state index in [1.165, 1.54) is 11.1 Å². The Morgan fingerprint density at radius 1 is 1.20 bits per heavy atom. The minimum absolute atomic E-state index is 0.584. The van der Waals surface area contributed by atoms with Gasteiger partial charge in [0.25, 0.3) is 0 Å². The fourth-order valence-electron chi connectivity index (χ4n) is 1.42. The van der Waals surface area contributed by atoms with E-state index >= 15 is 0 Å².